The number of nitrogens with one attached hydrogen (secondary N) is 1. The van der Waals surface area contributed by atoms with Crippen LogP contribution in [0.2, 0.25) is 0 Å². The highest BCUT2D eigenvalue weighted by atomic mass is 15.2. The summed E-state index contributed by atoms with van der Waals surface area (Å²) in [5, 5.41) is 18.9. The highest BCUT2D eigenvalue weighted by Gasteiger charge is 2.00. The molecular formula is C7H9N5. The van der Waals surface area contributed by atoms with Crippen LogP contribution in [0.15, 0.2) is 12.3 Å². The number of aromatic nitrogens is 2. The fourth-order valence-electron chi connectivity index (χ4n) is 0.743. The van der Waals surface area contributed by atoms with E-state index in [1.54, 1.807) is 6.07 Å². The minimum Gasteiger partial charge on any atom is -0.366 e. The van der Waals surface area contributed by atoms with Crippen molar-refractivity contribution < 1.29 is 0 Å². The molecule has 0 aliphatic rings. The molecule has 0 atom stereocenters. The Bertz CT molecular complexity index is 290. The van der Waals surface area contributed by atoms with E-state index in [0.717, 1.165) is 0 Å². The first kappa shape index (κ1) is 8.43. The van der Waals surface area contributed by atoms with Gasteiger partial charge in [0, 0.05) is 13.1 Å². The van der Waals surface area contributed by atoms with Crippen LogP contribution in [0.1, 0.15) is 5.56 Å². The second kappa shape index (κ2) is 4.26. The molecule has 12 heavy (non-hydrogen) atoms. The predicted molar refractivity (Wildman–Crippen MR) is 44.3 cm³/mol. The van der Waals surface area contributed by atoms with E-state index in [2.05, 4.69) is 15.5 Å². The zero-order chi connectivity index (χ0) is 8.81. The van der Waals surface area contributed by atoms with Crippen LogP contribution in [-0.2, 0) is 0 Å². The topological polar surface area (TPSA) is 87.6 Å². The maximum Gasteiger partial charge on any atom is 0.166 e. The highest BCUT2D eigenvalue weighted by molar-refractivity contribution is 5.49. The molecule has 1 rings (SSSR count). The summed E-state index contributed by atoms with van der Waals surface area (Å²) in [4.78, 5) is 0. The van der Waals surface area contributed by atoms with Crippen LogP contribution >= 0.6 is 0 Å². The molecule has 0 saturated heterocycles. The summed E-state index contributed by atoms with van der Waals surface area (Å²) < 4.78 is 0. The molecule has 1 heterocycles. The molecule has 0 aliphatic carbocycles. The molecule has 0 unspecified atom stereocenters. The SMILES string of the molecule is N#Cc1ccnnc1NCCN. The molecule has 0 spiro atoms. The molecule has 0 fully saturated rings. The molecule has 3 N–H and O–H groups in total. The van der Waals surface area contributed by atoms with Gasteiger partial charge in [-0.3, -0.25) is 0 Å². The van der Waals surface area contributed by atoms with Gasteiger partial charge in [-0.15, -0.1) is 5.10 Å². The van der Waals surface area contributed by atoms with Gasteiger partial charge in [-0.05, 0) is 6.07 Å². The van der Waals surface area contributed by atoms with Gasteiger partial charge in [-0.25, -0.2) is 0 Å². The van der Waals surface area contributed by atoms with Crippen molar-refractivity contribution in [2.24, 2.45) is 5.73 Å². The Hall–Kier alpha value is -1.67. The molecule has 5 nitrogen and oxygen atoms in total. The van der Waals surface area contributed by atoms with Gasteiger partial charge in [-0.2, -0.15) is 10.4 Å². The number of nitrogens with two attached hydrogens (primary N) is 1. The van der Waals surface area contributed by atoms with Gasteiger partial charge >= 0.3 is 0 Å². The molecule has 0 bridgehead atoms. The van der Waals surface area contributed by atoms with Gasteiger partial charge in [0.2, 0.25) is 0 Å². The van der Waals surface area contributed by atoms with E-state index in [-0.39, 0.29) is 0 Å². The average molecular weight is 163 g/mol. The summed E-state index contributed by atoms with van der Waals surface area (Å²) >= 11 is 0. The Kier molecular flexibility index (Phi) is 2.99. The summed E-state index contributed by atoms with van der Waals surface area (Å²) in [6.07, 6.45) is 1.48. The molecule has 0 amide bonds. The third-order valence-corrected chi connectivity index (χ3v) is 1.28. The van der Waals surface area contributed by atoms with E-state index < -0.39 is 0 Å². The Morgan fingerprint density at radius 2 is 2.50 bits per heavy atom. The van der Waals surface area contributed by atoms with Crippen molar-refractivity contribution in [3.8, 4) is 6.07 Å². The van der Waals surface area contributed by atoms with Gasteiger partial charge in [-0.1, -0.05) is 0 Å². The predicted octanol–water partition coefficient (Wildman–Crippen LogP) is -0.281. The number of nitriles is 1. The lowest BCUT2D eigenvalue weighted by Crippen LogP contribution is -2.14. The summed E-state index contributed by atoms with van der Waals surface area (Å²) in [6.45, 7) is 1.09. The molecule has 1 aromatic rings. The Labute approximate surface area is 70.2 Å². The Morgan fingerprint density at radius 1 is 1.67 bits per heavy atom. The first-order valence-corrected chi connectivity index (χ1v) is 3.54. The second-order valence-corrected chi connectivity index (χ2v) is 2.12. The number of rotatable bonds is 3. The van der Waals surface area contributed by atoms with Crippen LogP contribution in [0.5, 0.6) is 0 Å². The molecule has 5 heteroatoms. The van der Waals surface area contributed by atoms with Crippen molar-refractivity contribution in [1.29, 1.82) is 5.26 Å². The van der Waals surface area contributed by atoms with Crippen molar-refractivity contribution in [2.75, 3.05) is 18.4 Å². The standard InChI is InChI=1S/C7H9N5/c8-2-4-10-7-6(5-9)1-3-11-12-7/h1,3H,2,4,8H2,(H,10,12). The monoisotopic (exact) mass is 163 g/mol. The fourth-order valence-corrected chi connectivity index (χ4v) is 0.743. The molecule has 62 valence electrons. The van der Waals surface area contributed by atoms with Gasteiger partial charge in [0.25, 0.3) is 0 Å². The van der Waals surface area contributed by atoms with Crippen LogP contribution in [0.25, 0.3) is 0 Å². The van der Waals surface area contributed by atoms with Crippen LogP contribution in [0.3, 0.4) is 0 Å². The number of nitrogens with zero attached hydrogens (tertiary/aromatic N) is 3. The highest BCUT2D eigenvalue weighted by Crippen LogP contribution is 2.06. The average Bonchev–Trinajstić information content (AvgIpc) is 2.15. The van der Waals surface area contributed by atoms with Gasteiger partial charge < -0.3 is 11.1 Å². The summed E-state index contributed by atoms with van der Waals surface area (Å²) in [7, 11) is 0. The van der Waals surface area contributed by atoms with E-state index in [1.165, 1.54) is 6.20 Å². The number of anilines is 1. The maximum absolute atomic E-state index is 8.63. The molecule has 0 radical (unpaired) electrons. The molecule has 0 aliphatic heterocycles. The third-order valence-electron chi connectivity index (χ3n) is 1.28. The van der Waals surface area contributed by atoms with E-state index in [9.17, 15) is 0 Å². The van der Waals surface area contributed by atoms with Crippen molar-refractivity contribution in [1.82, 2.24) is 10.2 Å². The minimum atomic E-state index is 0.485. The first-order valence-electron chi connectivity index (χ1n) is 3.54. The van der Waals surface area contributed by atoms with Crippen molar-refractivity contribution in [3.63, 3.8) is 0 Å². The molecule has 1 aromatic heterocycles. The quantitative estimate of drug-likeness (QED) is 0.639. The zero-order valence-electron chi connectivity index (χ0n) is 6.49. The second-order valence-electron chi connectivity index (χ2n) is 2.12. The normalized spacial score (nSPS) is 9.00. The van der Waals surface area contributed by atoms with Crippen molar-refractivity contribution in [2.45, 2.75) is 0 Å². The minimum absolute atomic E-state index is 0.485. The first-order chi connectivity index (χ1) is 5.88. The molecule has 0 saturated carbocycles. The van der Waals surface area contributed by atoms with Crippen LogP contribution in [0.4, 0.5) is 5.82 Å². The lowest BCUT2D eigenvalue weighted by atomic mass is 10.3. The maximum atomic E-state index is 8.63. The third kappa shape index (κ3) is 1.90. The van der Waals surface area contributed by atoms with Crippen LogP contribution in [0, 0.1) is 11.3 Å². The Balaban J connectivity index is 2.77. The fraction of sp³-hybridized carbons (Fsp3) is 0.286. The van der Waals surface area contributed by atoms with Crippen LogP contribution < -0.4 is 11.1 Å². The lowest BCUT2D eigenvalue weighted by molar-refractivity contribution is 0.967. The summed E-state index contributed by atoms with van der Waals surface area (Å²) in [6, 6.07) is 3.60. The molecule has 0 aromatic carbocycles. The Morgan fingerprint density at radius 3 is 3.17 bits per heavy atom. The van der Waals surface area contributed by atoms with E-state index in [4.69, 9.17) is 11.0 Å². The van der Waals surface area contributed by atoms with E-state index in [1.807, 2.05) is 6.07 Å². The largest absolute Gasteiger partial charge is 0.366 e. The molecular weight excluding hydrogens is 154 g/mol. The number of hydrogen-bond acceptors (Lipinski definition) is 5. The van der Waals surface area contributed by atoms with Gasteiger partial charge in [0.1, 0.15) is 6.07 Å². The summed E-state index contributed by atoms with van der Waals surface area (Å²) in [5.41, 5.74) is 5.76. The van der Waals surface area contributed by atoms with Crippen LogP contribution in [-0.4, -0.2) is 23.3 Å². The van der Waals surface area contributed by atoms with Crippen molar-refractivity contribution in [3.05, 3.63) is 17.8 Å². The number of hydrogen-bond donors (Lipinski definition) is 2. The lowest BCUT2D eigenvalue weighted by Gasteiger charge is -2.02. The van der Waals surface area contributed by atoms with Gasteiger partial charge in [0.15, 0.2) is 5.82 Å². The van der Waals surface area contributed by atoms with Gasteiger partial charge in [0.05, 0.1) is 11.8 Å². The zero-order valence-corrected chi connectivity index (χ0v) is 6.49. The smallest absolute Gasteiger partial charge is 0.166 e. The van der Waals surface area contributed by atoms with E-state index in [0.29, 0.717) is 24.5 Å². The van der Waals surface area contributed by atoms with E-state index >= 15 is 0 Å². The summed E-state index contributed by atoms with van der Waals surface area (Å²) in [5.74, 6) is 0.491. The van der Waals surface area contributed by atoms with Crippen molar-refractivity contribution >= 4 is 5.82 Å².